The van der Waals surface area contributed by atoms with Crippen LogP contribution in [0.25, 0.3) is 0 Å². The topological polar surface area (TPSA) is 111 Å². The fraction of sp³-hybridized carbons (Fsp3) is 0.0357. The monoisotopic (exact) mass is 529 g/mol. The second-order valence-electron chi connectivity index (χ2n) is 7.91. The van der Waals surface area contributed by atoms with E-state index >= 15 is 0 Å². The third kappa shape index (κ3) is 7.09. The highest BCUT2D eigenvalue weighted by atomic mass is 32.2. The van der Waals surface area contributed by atoms with Crippen molar-refractivity contribution in [2.24, 2.45) is 0 Å². The Balaban J connectivity index is 1.52. The van der Waals surface area contributed by atoms with Gasteiger partial charge in [-0.15, -0.1) is 11.8 Å². The van der Waals surface area contributed by atoms with E-state index in [0.717, 1.165) is 21.8 Å². The van der Waals surface area contributed by atoms with Crippen LogP contribution in [0.4, 0.5) is 17.1 Å². The normalized spacial score (nSPS) is 11.2. The summed E-state index contributed by atoms with van der Waals surface area (Å²) >= 11 is 6.77. The summed E-state index contributed by atoms with van der Waals surface area (Å²) in [5.41, 5.74) is 2.39. The highest BCUT2D eigenvalue weighted by Crippen LogP contribution is 2.37. The molecule has 1 atom stereocenters. The molecule has 4 aromatic carbocycles. The molecular weight excluding hydrogens is 506 g/mol. The van der Waals surface area contributed by atoms with E-state index in [9.17, 15) is 19.8 Å². The van der Waals surface area contributed by atoms with E-state index in [0.29, 0.717) is 5.11 Å². The molecule has 9 heteroatoms. The summed E-state index contributed by atoms with van der Waals surface area (Å²) in [6.07, 6.45) is 0. The number of carboxylic acid groups (broad SMARTS) is 1. The lowest BCUT2D eigenvalue weighted by Crippen LogP contribution is -2.20. The first kappa shape index (κ1) is 25.7. The van der Waals surface area contributed by atoms with Crippen LogP contribution in [0.5, 0.6) is 5.75 Å². The average molecular weight is 530 g/mol. The Kier molecular flexibility index (Phi) is 8.40. The largest absolute Gasteiger partial charge is 0.507 e. The molecule has 0 bridgehead atoms. The number of aromatic carboxylic acids is 1. The summed E-state index contributed by atoms with van der Waals surface area (Å²) in [6, 6.07) is 30.3. The van der Waals surface area contributed by atoms with Gasteiger partial charge in [0.2, 0.25) is 5.91 Å². The molecular formula is C28H23N3O4S2. The van der Waals surface area contributed by atoms with Gasteiger partial charge in [0.15, 0.2) is 5.11 Å². The number of carboxylic acids is 1. The molecule has 0 aliphatic rings. The van der Waals surface area contributed by atoms with Gasteiger partial charge in [0, 0.05) is 22.0 Å². The summed E-state index contributed by atoms with van der Waals surface area (Å²) in [6.45, 7) is 0. The van der Waals surface area contributed by atoms with Gasteiger partial charge >= 0.3 is 5.97 Å². The molecule has 1 amide bonds. The highest BCUT2D eigenvalue weighted by Gasteiger charge is 2.23. The minimum absolute atomic E-state index is 0.273. The molecule has 0 spiro atoms. The Labute approximate surface area is 223 Å². The zero-order chi connectivity index (χ0) is 26.2. The van der Waals surface area contributed by atoms with E-state index in [1.165, 1.54) is 30.0 Å². The summed E-state index contributed by atoms with van der Waals surface area (Å²) in [7, 11) is 0. The number of carbonyl (C=O) groups excluding carboxylic acids is 1. The van der Waals surface area contributed by atoms with Gasteiger partial charge in [-0.05, 0) is 66.3 Å². The molecule has 7 nitrogen and oxygen atoms in total. The average Bonchev–Trinajstić information content (AvgIpc) is 2.89. The summed E-state index contributed by atoms with van der Waals surface area (Å²) in [5, 5.41) is 27.9. The molecule has 4 aromatic rings. The number of hydrogen-bond donors (Lipinski definition) is 5. The summed E-state index contributed by atoms with van der Waals surface area (Å²) in [4.78, 5) is 25.6. The van der Waals surface area contributed by atoms with Gasteiger partial charge in [0.25, 0.3) is 0 Å². The molecule has 0 saturated heterocycles. The SMILES string of the molecule is O=C(O)c1cc(NC(=O)C(Sc2cccc(NC(=S)Nc3ccccc3)c2)c2ccccc2)ccc1O. The van der Waals surface area contributed by atoms with E-state index in [1.54, 1.807) is 0 Å². The van der Waals surface area contributed by atoms with E-state index in [1.807, 2.05) is 84.9 Å². The van der Waals surface area contributed by atoms with Gasteiger partial charge in [-0.1, -0.05) is 54.6 Å². The smallest absolute Gasteiger partial charge is 0.339 e. The molecule has 5 N–H and O–H groups in total. The molecule has 0 saturated carbocycles. The lowest BCUT2D eigenvalue weighted by molar-refractivity contribution is -0.115. The van der Waals surface area contributed by atoms with Crippen LogP contribution in [0.1, 0.15) is 21.2 Å². The first-order valence-corrected chi connectivity index (χ1v) is 12.5. The van der Waals surface area contributed by atoms with E-state index in [4.69, 9.17) is 12.2 Å². The fourth-order valence-corrected chi connectivity index (χ4v) is 4.81. The van der Waals surface area contributed by atoms with Gasteiger partial charge in [0.05, 0.1) is 0 Å². The molecule has 0 fully saturated rings. The van der Waals surface area contributed by atoms with Gasteiger partial charge in [0.1, 0.15) is 16.6 Å². The number of anilines is 3. The van der Waals surface area contributed by atoms with Crippen molar-refractivity contribution >= 4 is 58.0 Å². The van der Waals surface area contributed by atoms with Gasteiger partial charge in [-0.2, -0.15) is 0 Å². The Morgan fingerprint density at radius 3 is 2.05 bits per heavy atom. The number of thiocarbonyl (C=S) groups is 1. The third-order valence-electron chi connectivity index (χ3n) is 5.21. The Morgan fingerprint density at radius 1 is 0.730 bits per heavy atom. The predicted octanol–water partition coefficient (Wildman–Crippen LogP) is 6.37. The van der Waals surface area contributed by atoms with Crippen LogP contribution >= 0.6 is 24.0 Å². The highest BCUT2D eigenvalue weighted by molar-refractivity contribution is 8.00. The fourth-order valence-electron chi connectivity index (χ4n) is 3.49. The van der Waals surface area contributed by atoms with Crippen LogP contribution in [-0.2, 0) is 4.79 Å². The second kappa shape index (κ2) is 12.1. The van der Waals surface area contributed by atoms with E-state index in [-0.39, 0.29) is 22.9 Å². The molecule has 4 rings (SSSR count). The zero-order valence-corrected chi connectivity index (χ0v) is 21.1. The number of phenols is 1. The Bertz CT molecular complexity index is 1420. The van der Waals surface area contributed by atoms with Crippen LogP contribution in [0.3, 0.4) is 0 Å². The van der Waals surface area contributed by atoms with Gasteiger partial charge in [-0.3, -0.25) is 4.79 Å². The number of para-hydroxylation sites is 1. The molecule has 0 aromatic heterocycles. The van der Waals surface area contributed by atoms with Crippen LogP contribution in [0, 0.1) is 0 Å². The predicted molar refractivity (Wildman–Crippen MR) is 151 cm³/mol. The summed E-state index contributed by atoms with van der Waals surface area (Å²) in [5.74, 6) is -1.99. The number of carbonyl (C=O) groups is 2. The molecule has 37 heavy (non-hydrogen) atoms. The Hall–Kier alpha value is -4.34. The van der Waals surface area contributed by atoms with Crippen molar-refractivity contribution in [3.8, 4) is 5.75 Å². The number of thioether (sulfide) groups is 1. The molecule has 0 aliphatic heterocycles. The lowest BCUT2D eigenvalue weighted by atomic mass is 10.1. The number of benzene rings is 4. The molecule has 0 aliphatic carbocycles. The van der Waals surface area contributed by atoms with Crippen molar-refractivity contribution in [1.82, 2.24) is 0 Å². The standard InChI is InChI=1S/C28H23N3O4S2/c32-24-15-14-21(17-23(24)27(34)35)29-26(33)25(18-8-3-1-4-9-18)37-22-13-7-12-20(16-22)31-28(36)30-19-10-5-2-6-11-19/h1-17,25,32H,(H,29,33)(H,34,35)(H2,30,31,36). The maximum absolute atomic E-state index is 13.4. The van der Waals surface area contributed by atoms with Crippen molar-refractivity contribution in [3.63, 3.8) is 0 Å². The van der Waals surface area contributed by atoms with Crippen molar-refractivity contribution in [2.75, 3.05) is 16.0 Å². The van der Waals surface area contributed by atoms with Crippen molar-refractivity contribution in [2.45, 2.75) is 10.1 Å². The number of rotatable bonds is 8. The molecule has 186 valence electrons. The van der Waals surface area contributed by atoms with Crippen molar-refractivity contribution < 1.29 is 19.8 Å². The number of nitrogens with one attached hydrogen (secondary N) is 3. The Morgan fingerprint density at radius 2 is 1.35 bits per heavy atom. The van der Waals surface area contributed by atoms with Crippen molar-refractivity contribution in [3.05, 3.63) is 114 Å². The maximum atomic E-state index is 13.4. The summed E-state index contributed by atoms with van der Waals surface area (Å²) < 4.78 is 0. The van der Waals surface area contributed by atoms with Gasteiger partial charge < -0.3 is 26.2 Å². The third-order valence-corrected chi connectivity index (χ3v) is 6.66. The second-order valence-corrected chi connectivity index (χ2v) is 9.49. The molecule has 1 unspecified atom stereocenters. The number of amides is 1. The maximum Gasteiger partial charge on any atom is 0.339 e. The van der Waals surface area contributed by atoms with Crippen LogP contribution in [-0.4, -0.2) is 27.2 Å². The quantitative estimate of drug-likeness (QED) is 0.102. The van der Waals surface area contributed by atoms with Crippen LogP contribution in [0.15, 0.2) is 108 Å². The van der Waals surface area contributed by atoms with E-state index < -0.39 is 11.2 Å². The van der Waals surface area contributed by atoms with Crippen LogP contribution in [0.2, 0.25) is 0 Å². The number of hydrogen-bond acceptors (Lipinski definition) is 5. The number of aromatic hydroxyl groups is 1. The van der Waals surface area contributed by atoms with E-state index in [2.05, 4.69) is 16.0 Å². The first-order valence-electron chi connectivity index (χ1n) is 11.2. The first-order chi connectivity index (χ1) is 17.9. The minimum atomic E-state index is -1.29. The van der Waals surface area contributed by atoms with Crippen LogP contribution < -0.4 is 16.0 Å². The zero-order valence-electron chi connectivity index (χ0n) is 19.4. The lowest BCUT2D eigenvalue weighted by Gasteiger charge is -2.18. The molecule has 0 heterocycles. The van der Waals surface area contributed by atoms with Crippen molar-refractivity contribution in [1.29, 1.82) is 0 Å². The van der Waals surface area contributed by atoms with Gasteiger partial charge in [-0.25, -0.2) is 4.79 Å². The minimum Gasteiger partial charge on any atom is -0.507 e. The molecule has 0 radical (unpaired) electrons.